The van der Waals surface area contributed by atoms with Crippen molar-refractivity contribution >= 4 is 33.2 Å². The first-order chi connectivity index (χ1) is 12.3. The number of ether oxygens (including phenoxy) is 1. The number of carbonyl (C=O) groups is 2. The molecule has 0 saturated carbocycles. The van der Waals surface area contributed by atoms with Crippen LogP contribution in [0, 0.1) is 5.82 Å². The summed E-state index contributed by atoms with van der Waals surface area (Å²) < 4.78 is 43.5. The average molecular weight is 400 g/mol. The zero-order chi connectivity index (χ0) is 19.2. The topological polar surface area (TPSA) is 92.8 Å². The molecular weight excluding hydrogens is 383 g/mol. The van der Waals surface area contributed by atoms with Gasteiger partial charge in [-0.15, -0.1) is 11.3 Å². The Morgan fingerprint density at radius 1 is 1.23 bits per heavy atom. The van der Waals surface area contributed by atoms with Gasteiger partial charge in [0.25, 0.3) is 15.9 Å². The summed E-state index contributed by atoms with van der Waals surface area (Å²) in [7, 11) is -2.53. The predicted octanol–water partition coefficient (Wildman–Crippen LogP) is 1.37. The number of benzene rings is 1. The summed E-state index contributed by atoms with van der Waals surface area (Å²) in [6.07, 6.45) is 0. The normalized spacial score (nSPS) is 11.3. The van der Waals surface area contributed by atoms with Crippen LogP contribution in [-0.4, -0.2) is 44.8 Å². The van der Waals surface area contributed by atoms with Gasteiger partial charge in [0, 0.05) is 19.2 Å². The second-order valence-electron chi connectivity index (χ2n) is 5.22. The van der Waals surface area contributed by atoms with Gasteiger partial charge in [0.2, 0.25) is 0 Å². The van der Waals surface area contributed by atoms with Crippen molar-refractivity contribution in [2.45, 2.75) is 10.8 Å². The van der Waals surface area contributed by atoms with Gasteiger partial charge in [-0.05, 0) is 17.5 Å². The predicted molar refractivity (Wildman–Crippen MR) is 93.3 cm³/mol. The van der Waals surface area contributed by atoms with Crippen LogP contribution >= 0.6 is 11.3 Å². The molecule has 2 rings (SSSR count). The van der Waals surface area contributed by atoms with Crippen LogP contribution in [0.5, 0.6) is 0 Å². The number of thiophene rings is 1. The summed E-state index contributed by atoms with van der Waals surface area (Å²) in [5.41, 5.74) is 0.300. The van der Waals surface area contributed by atoms with E-state index < -0.39 is 40.9 Å². The molecule has 1 heterocycles. The van der Waals surface area contributed by atoms with Crippen molar-refractivity contribution in [3.05, 3.63) is 53.2 Å². The third kappa shape index (κ3) is 5.35. The zero-order valence-electron chi connectivity index (χ0n) is 13.8. The Kier molecular flexibility index (Phi) is 6.83. The molecule has 0 atom stereocenters. The SMILES string of the molecule is CN(CC(=O)OCC(=O)NCc1ccccc1F)S(=O)(=O)c1cccs1. The van der Waals surface area contributed by atoms with E-state index in [2.05, 4.69) is 5.32 Å². The summed E-state index contributed by atoms with van der Waals surface area (Å²) in [5, 5.41) is 4.02. The minimum Gasteiger partial charge on any atom is -0.455 e. The number of halogens is 1. The Morgan fingerprint density at radius 2 is 1.96 bits per heavy atom. The van der Waals surface area contributed by atoms with Crippen LogP contribution in [0.15, 0.2) is 46.0 Å². The Hall–Kier alpha value is -2.30. The molecule has 0 aliphatic rings. The molecule has 0 fully saturated rings. The Labute approximate surface area is 154 Å². The number of hydrogen-bond acceptors (Lipinski definition) is 6. The minimum absolute atomic E-state index is 0.0459. The highest BCUT2D eigenvalue weighted by Gasteiger charge is 2.24. The highest BCUT2D eigenvalue weighted by atomic mass is 32.2. The van der Waals surface area contributed by atoms with Crippen molar-refractivity contribution in [2.75, 3.05) is 20.2 Å². The quantitative estimate of drug-likeness (QED) is 0.676. The Balaban J connectivity index is 1.77. The lowest BCUT2D eigenvalue weighted by Crippen LogP contribution is -2.35. The monoisotopic (exact) mass is 400 g/mol. The molecule has 0 radical (unpaired) electrons. The van der Waals surface area contributed by atoms with E-state index in [1.165, 1.54) is 31.3 Å². The van der Waals surface area contributed by atoms with Crippen LogP contribution < -0.4 is 5.32 Å². The fraction of sp³-hybridized carbons (Fsp3) is 0.250. The number of amides is 1. The van der Waals surface area contributed by atoms with Crippen molar-refractivity contribution in [2.24, 2.45) is 0 Å². The van der Waals surface area contributed by atoms with Crippen LogP contribution in [0.3, 0.4) is 0 Å². The zero-order valence-corrected chi connectivity index (χ0v) is 15.5. The van der Waals surface area contributed by atoms with Crippen LogP contribution in [0.25, 0.3) is 0 Å². The van der Waals surface area contributed by atoms with Gasteiger partial charge in [-0.2, -0.15) is 4.31 Å². The van der Waals surface area contributed by atoms with Gasteiger partial charge in [-0.25, -0.2) is 12.8 Å². The highest BCUT2D eigenvalue weighted by molar-refractivity contribution is 7.91. The number of esters is 1. The first kappa shape index (κ1) is 20.0. The molecule has 140 valence electrons. The summed E-state index contributed by atoms with van der Waals surface area (Å²) in [4.78, 5) is 23.4. The molecule has 0 aliphatic carbocycles. The third-order valence-electron chi connectivity index (χ3n) is 3.31. The molecule has 26 heavy (non-hydrogen) atoms. The largest absolute Gasteiger partial charge is 0.455 e. The number of likely N-dealkylation sites (N-methyl/N-ethyl adjacent to an activating group) is 1. The first-order valence-corrected chi connectivity index (χ1v) is 9.78. The van der Waals surface area contributed by atoms with Gasteiger partial charge in [-0.3, -0.25) is 9.59 Å². The molecule has 0 aliphatic heterocycles. The molecule has 1 aromatic carbocycles. The molecule has 0 bridgehead atoms. The molecular formula is C16H17FN2O5S2. The minimum atomic E-state index is -3.77. The number of hydrogen-bond donors (Lipinski definition) is 1. The smallest absolute Gasteiger partial charge is 0.321 e. The van der Waals surface area contributed by atoms with Gasteiger partial charge >= 0.3 is 5.97 Å². The molecule has 1 amide bonds. The van der Waals surface area contributed by atoms with E-state index >= 15 is 0 Å². The van der Waals surface area contributed by atoms with E-state index in [1.54, 1.807) is 17.5 Å². The molecule has 1 N–H and O–H groups in total. The summed E-state index contributed by atoms with van der Waals surface area (Å²) in [6, 6.07) is 8.97. The number of nitrogens with zero attached hydrogens (tertiary/aromatic N) is 1. The molecule has 10 heteroatoms. The van der Waals surface area contributed by atoms with Crippen molar-refractivity contribution < 1.29 is 27.1 Å². The molecule has 7 nitrogen and oxygen atoms in total. The van der Waals surface area contributed by atoms with E-state index in [-0.39, 0.29) is 10.8 Å². The summed E-state index contributed by atoms with van der Waals surface area (Å²) >= 11 is 1.03. The number of sulfonamides is 1. The van der Waals surface area contributed by atoms with Gasteiger partial charge in [0.05, 0.1) is 0 Å². The van der Waals surface area contributed by atoms with E-state index in [1.807, 2.05) is 0 Å². The Bertz CT molecular complexity index is 869. The van der Waals surface area contributed by atoms with Crippen LogP contribution in [-0.2, 0) is 30.9 Å². The lowest BCUT2D eigenvalue weighted by atomic mass is 10.2. The second-order valence-corrected chi connectivity index (χ2v) is 8.44. The maximum absolute atomic E-state index is 13.4. The second kappa shape index (κ2) is 8.88. The van der Waals surface area contributed by atoms with Gasteiger partial charge < -0.3 is 10.1 Å². The fourth-order valence-corrected chi connectivity index (χ4v) is 4.23. The Morgan fingerprint density at radius 3 is 2.62 bits per heavy atom. The molecule has 1 aromatic heterocycles. The van der Waals surface area contributed by atoms with E-state index in [0.717, 1.165) is 15.6 Å². The first-order valence-electron chi connectivity index (χ1n) is 7.46. The van der Waals surface area contributed by atoms with Crippen LogP contribution in [0.2, 0.25) is 0 Å². The van der Waals surface area contributed by atoms with Gasteiger partial charge in [0.1, 0.15) is 16.6 Å². The molecule has 2 aromatic rings. The standard InChI is InChI=1S/C16H17FN2O5S2/c1-19(26(22,23)16-7-4-8-25-16)10-15(21)24-11-14(20)18-9-12-5-2-3-6-13(12)17/h2-8H,9-11H2,1H3,(H,18,20). The third-order valence-corrected chi connectivity index (χ3v) is 6.49. The summed E-state index contributed by atoms with van der Waals surface area (Å²) in [5.74, 6) is -1.94. The molecule has 0 unspecified atom stereocenters. The van der Waals surface area contributed by atoms with Crippen molar-refractivity contribution in [1.29, 1.82) is 0 Å². The maximum Gasteiger partial charge on any atom is 0.321 e. The van der Waals surface area contributed by atoms with E-state index in [4.69, 9.17) is 4.74 Å². The van der Waals surface area contributed by atoms with Gasteiger partial charge in [-0.1, -0.05) is 24.3 Å². The molecule has 0 spiro atoms. The van der Waals surface area contributed by atoms with Crippen molar-refractivity contribution in [3.63, 3.8) is 0 Å². The number of carbonyl (C=O) groups excluding carboxylic acids is 2. The van der Waals surface area contributed by atoms with E-state index in [0.29, 0.717) is 5.56 Å². The number of nitrogens with one attached hydrogen (secondary N) is 1. The summed E-state index contributed by atoms with van der Waals surface area (Å²) in [6.45, 7) is -1.16. The average Bonchev–Trinajstić information content (AvgIpc) is 3.14. The highest BCUT2D eigenvalue weighted by Crippen LogP contribution is 2.19. The number of rotatable bonds is 8. The molecule has 0 saturated heterocycles. The lowest BCUT2D eigenvalue weighted by Gasteiger charge is -2.15. The van der Waals surface area contributed by atoms with Crippen molar-refractivity contribution in [1.82, 2.24) is 9.62 Å². The van der Waals surface area contributed by atoms with Crippen LogP contribution in [0.1, 0.15) is 5.56 Å². The van der Waals surface area contributed by atoms with Gasteiger partial charge in [0.15, 0.2) is 6.61 Å². The maximum atomic E-state index is 13.4. The van der Waals surface area contributed by atoms with Crippen LogP contribution in [0.4, 0.5) is 4.39 Å². The van der Waals surface area contributed by atoms with Crippen molar-refractivity contribution in [3.8, 4) is 0 Å². The fourth-order valence-electron chi connectivity index (χ4n) is 1.91. The lowest BCUT2D eigenvalue weighted by molar-refractivity contribution is -0.148. The van der Waals surface area contributed by atoms with E-state index in [9.17, 15) is 22.4 Å².